The van der Waals surface area contributed by atoms with Crippen molar-refractivity contribution in [3.8, 4) is 0 Å². The fourth-order valence-corrected chi connectivity index (χ4v) is 3.93. The van der Waals surface area contributed by atoms with Gasteiger partial charge in [-0.1, -0.05) is 40.0 Å². The molecule has 0 unspecified atom stereocenters. The molecule has 2 rings (SSSR count). The van der Waals surface area contributed by atoms with Gasteiger partial charge in [0.2, 0.25) is 0 Å². The highest BCUT2D eigenvalue weighted by atomic mass is 16.5. The third-order valence-corrected chi connectivity index (χ3v) is 5.78. The van der Waals surface area contributed by atoms with Gasteiger partial charge in [0.05, 0.1) is 5.60 Å². The Morgan fingerprint density at radius 3 is 2.20 bits per heavy atom. The third kappa shape index (κ3) is 4.21. The first-order valence-corrected chi connectivity index (χ1v) is 8.74. The molecule has 0 bridgehead atoms. The number of nitrogens with one attached hydrogen (secondary N) is 1. The minimum atomic E-state index is 0.125. The van der Waals surface area contributed by atoms with E-state index in [0.29, 0.717) is 5.41 Å². The van der Waals surface area contributed by atoms with Crippen molar-refractivity contribution >= 4 is 0 Å². The lowest BCUT2D eigenvalue weighted by atomic mass is 9.68. The molecular weight excluding hydrogens is 246 g/mol. The molecule has 0 heterocycles. The van der Waals surface area contributed by atoms with Crippen LogP contribution in [0.2, 0.25) is 0 Å². The number of ether oxygens (including phenoxy) is 1. The predicted molar refractivity (Wildman–Crippen MR) is 86.0 cm³/mol. The summed E-state index contributed by atoms with van der Waals surface area (Å²) in [7, 11) is 2.06. The van der Waals surface area contributed by atoms with Gasteiger partial charge >= 0.3 is 0 Å². The van der Waals surface area contributed by atoms with E-state index >= 15 is 0 Å². The quantitative estimate of drug-likeness (QED) is 0.779. The molecule has 2 saturated carbocycles. The zero-order valence-corrected chi connectivity index (χ0v) is 14.1. The molecule has 0 aliphatic heterocycles. The van der Waals surface area contributed by atoms with E-state index in [0.717, 1.165) is 25.0 Å². The van der Waals surface area contributed by atoms with Gasteiger partial charge < -0.3 is 10.1 Å². The lowest BCUT2D eigenvalue weighted by Crippen LogP contribution is -2.46. The highest BCUT2D eigenvalue weighted by molar-refractivity contribution is 4.92. The molecule has 0 radical (unpaired) electrons. The molecule has 2 heteroatoms. The maximum atomic E-state index is 6.42. The van der Waals surface area contributed by atoms with Gasteiger partial charge in [-0.3, -0.25) is 0 Å². The first-order valence-electron chi connectivity index (χ1n) is 8.74. The molecule has 1 N–H and O–H groups in total. The van der Waals surface area contributed by atoms with E-state index in [-0.39, 0.29) is 5.60 Å². The number of likely N-dealkylation sites (N-methyl/N-ethyl adjacent to an activating group) is 1. The standard InChI is InChI=1S/C18H35NO/c1-17(2,3)16-8-11-18(12-9-16,14-19-4)20-13-10-15-6-5-7-15/h15-16,19H,5-14H2,1-4H3. The second-order valence-electron chi connectivity index (χ2n) is 8.29. The average Bonchev–Trinajstić information content (AvgIpc) is 2.32. The molecule has 0 aromatic rings. The predicted octanol–water partition coefficient (Wildman–Crippen LogP) is 4.39. The number of hydrogen-bond acceptors (Lipinski definition) is 2. The van der Waals surface area contributed by atoms with Crippen molar-refractivity contribution in [1.82, 2.24) is 5.32 Å². The van der Waals surface area contributed by atoms with Crippen LogP contribution >= 0.6 is 0 Å². The van der Waals surface area contributed by atoms with E-state index in [2.05, 4.69) is 33.1 Å². The van der Waals surface area contributed by atoms with Crippen molar-refractivity contribution in [1.29, 1.82) is 0 Å². The van der Waals surface area contributed by atoms with E-state index in [4.69, 9.17) is 4.74 Å². The Balaban J connectivity index is 1.80. The van der Waals surface area contributed by atoms with Crippen LogP contribution in [0, 0.1) is 17.3 Å². The van der Waals surface area contributed by atoms with Gasteiger partial charge in [0.25, 0.3) is 0 Å². The summed E-state index contributed by atoms with van der Waals surface area (Å²) >= 11 is 0. The smallest absolute Gasteiger partial charge is 0.0806 e. The molecular formula is C18H35NO. The number of hydrogen-bond donors (Lipinski definition) is 1. The van der Waals surface area contributed by atoms with Crippen molar-refractivity contribution in [2.45, 2.75) is 77.7 Å². The van der Waals surface area contributed by atoms with Crippen LogP contribution in [0.4, 0.5) is 0 Å². The van der Waals surface area contributed by atoms with Crippen LogP contribution in [0.5, 0.6) is 0 Å². The van der Waals surface area contributed by atoms with Crippen molar-refractivity contribution in [2.75, 3.05) is 20.2 Å². The zero-order chi connectivity index (χ0) is 14.6. The molecule has 2 aliphatic rings. The first kappa shape index (κ1) is 16.3. The molecule has 2 aliphatic carbocycles. The highest BCUT2D eigenvalue weighted by Gasteiger charge is 2.39. The van der Waals surface area contributed by atoms with Crippen LogP contribution in [-0.4, -0.2) is 25.8 Å². The molecule has 0 spiro atoms. The summed E-state index contributed by atoms with van der Waals surface area (Å²) in [6, 6.07) is 0. The molecule has 0 aromatic carbocycles. The maximum Gasteiger partial charge on any atom is 0.0806 e. The zero-order valence-electron chi connectivity index (χ0n) is 14.1. The van der Waals surface area contributed by atoms with Gasteiger partial charge in [-0.05, 0) is 56.4 Å². The van der Waals surface area contributed by atoms with Gasteiger partial charge in [0.1, 0.15) is 0 Å². The Morgan fingerprint density at radius 1 is 1.10 bits per heavy atom. The average molecular weight is 281 g/mol. The summed E-state index contributed by atoms with van der Waals surface area (Å²) in [6.45, 7) is 9.17. The van der Waals surface area contributed by atoms with E-state index in [1.54, 1.807) is 0 Å². The Kier molecular flexibility index (Phi) is 5.53. The molecule has 2 fully saturated rings. The lowest BCUT2D eigenvalue weighted by molar-refractivity contribution is -0.0887. The van der Waals surface area contributed by atoms with E-state index < -0.39 is 0 Å². The topological polar surface area (TPSA) is 21.3 Å². The minimum Gasteiger partial charge on any atom is -0.374 e. The summed E-state index contributed by atoms with van der Waals surface area (Å²) in [5.74, 6) is 1.83. The molecule has 0 aromatic heterocycles. The third-order valence-electron chi connectivity index (χ3n) is 5.78. The van der Waals surface area contributed by atoms with Crippen molar-refractivity contribution in [3.05, 3.63) is 0 Å². The Labute approximate surface area is 126 Å². The fraction of sp³-hybridized carbons (Fsp3) is 1.00. The van der Waals surface area contributed by atoms with Crippen LogP contribution in [0.25, 0.3) is 0 Å². The fourth-order valence-electron chi connectivity index (χ4n) is 3.93. The molecule has 0 atom stereocenters. The van der Waals surface area contributed by atoms with Crippen LogP contribution < -0.4 is 5.32 Å². The Bertz CT molecular complexity index is 282. The maximum absolute atomic E-state index is 6.42. The van der Waals surface area contributed by atoms with E-state index in [1.807, 2.05) is 0 Å². The van der Waals surface area contributed by atoms with Gasteiger partial charge in [0.15, 0.2) is 0 Å². The van der Waals surface area contributed by atoms with E-state index in [1.165, 1.54) is 51.4 Å². The van der Waals surface area contributed by atoms with Crippen LogP contribution in [0.3, 0.4) is 0 Å². The Morgan fingerprint density at radius 2 is 1.75 bits per heavy atom. The summed E-state index contributed by atoms with van der Waals surface area (Å²) in [4.78, 5) is 0. The summed E-state index contributed by atoms with van der Waals surface area (Å²) < 4.78 is 6.42. The van der Waals surface area contributed by atoms with Gasteiger partial charge in [-0.25, -0.2) is 0 Å². The van der Waals surface area contributed by atoms with Crippen LogP contribution in [-0.2, 0) is 4.74 Å². The van der Waals surface area contributed by atoms with Gasteiger partial charge in [-0.2, -0.15) is 0 Å². The summed E-state index contributed by atoms with van der Waals surface area (Å²) in [5, 5.41) is 3.37. The molecule has 118 valence electrons. The Hall–Kier alpha value is -0.0800. The minimum absolute atomic E-state index is 0.125. The largest absolute Gasteiger partial charge is 0.374 e. The second-order valence-corrected chi connectivity index (χ2v) is 8.29. The summed E-state index contributed by atoms with van der Waals surface area (Å²) in [5.41, 5.74) is 0.581. The van der Waals surface area contributed by atoms with Crippen LogP contribution in [0.1, 0.15) is 72.1 Å². The lowest BCUT2D eigenvalue weighted by Gasteiger charge is -2.44. The normalized spacial score (nSPS) is 32.1. The van der Waals surface area contributed by atoms with Crippen molar-refractivity contribution in [2.24, 2.45) is 17.3 Å². The van der Waals surface area contributed by atoms with Gasteiger partial charge in [0, 0.05) is 13.2 Å². The van der Waals surface area contributed by atoms with Crippen molar-refractivity contribution in [3.63, 3.8) is 0 Å². The SMILES string of the molecule is CNCC1(OCCC2CCC2)CCC(C(C)(C)C)CC1. The first-order chi connectivity index (χ1) is 9.45. The number of rotatable bonds is 6. The molecule has 20 heavy (non-hydrogen) atoms. The molecule has 2 nitrogen and oxygen atoms in total. The van der Waals surface area contributed by atoms with Crippen LogP contribution in [0.15, 0.2) is 0 Å². The molecule has 0 saturated heterocycles. The van der Waals surface area contributed by atoms with Gasteiger partial charge in [-0.15, -0.1) is 0 Å². The highest BCUT2D eigenvalue weighted by Crippen LogP contribution is 2.43. The molecule has 0 amide bonds. The van der Waals surface area contributed by atoms with E-state index in [9.17, 15) is 0 Å². The second kappa shape index (κ2) is 6.79. The summed E-state index contributed by atoms with van der Waals surface area (Å²) in [6.07, 6.45) is 10.7. The van der Waals surface area contributed by atoms with Crippen molar-refractivity contribution < 1.29 is 4.74 Å². The monoisotopic (exact) mass is 281 g/mol.